The van der Waals surface area contributed by atoms with E-state index in [1.165, 1.54) is 6.20 Å². The molecule has 0 aliphatic rings. The Morgan fingerprint density at radius 2 is 2.11 bits per heavy atom. The van der Waals surface area contributed by atoms with Gasteiger partial charge in [0.1, 0.15) is 5.82 Å². The molecule has 0 atom stereocenters. The summed E-state index contributed by atoms with van der Waals surface area (Å²) in [7, 11) is 0. The molecule has 1 amide bonds. The Bertz CT molecular complexity index is 620. The highest BCUT2D eigenvalue weighted by Gasteiger charge is 2.09. The van der Waals surface area contributed by atoms with E-state index in [4.69, 9.17) is 17.4 Å². The molecule has 0 aliphatic heterocycles. The van der Waals surface area contributed by atoms with E-state index in [1.807, 2.05) is 6.07 Å². The van der Waals surface area contributed by atoms with Crippen molar-refractivity contribution in [1.29, 1.82) is 0 Å². The lowest BCUT2D eigenvalue weighted by Gasteiger charge is -2.08. The maximum Gasteiger partial charge on any atom is 0.255 e. The first-order valence-corrected chi connectivity index (χ1v) is 6.75. The van der Waals surface area contributed by atoms with Crippen LogP contribution < -0.4 is 16.6 Å². The lowest BCUT2D eigenvalue weighted by molar-refractivity contribution is 0.102. The molecule has 0 fully saturated rings. The fourth-order valence-corrected chi connectivity index (χ4v) is 2.34. The molecule has 1 aromatic carbocycles. The van der Waals surface area contributed by atoms with Gasteiger partial charge in [0.05, 0.1) is 10.7 Å². The van der Waals surface area contributed by atoms with E-state index in [2.05, 4.69) is 38.3 Å². The summed E-state index contributed by atoms with van der Waals surface area (Å²) in [6.07, 6.45) is 1.50. The third-order valence-corrected chi connectivity index (χ3v) is 3.33. The van der Waals surface area contributed by atoms with Crippen LogP contribution in [0.15, 0.2) is 36.5 Å². The van der Waals surface area contributed by atoms with Crippen LogP contribution in [0.2, 0.25) is 5.02 Å². The van der Waals surface area contributed by atoms with Gasteiger partial charge in [-0.15, -0.1) is 0 Å². The smallest absolute Gasteiger partial charge is 0.255 e. The number of rotatable bonds is 3. The van der Waals surface area contributed by atoms with Crippen molar-refractivity contribution in [3.8, 4) is 0 Å². The Morgan fingerprint density at radius 3 is 2.79 bits per heavy atom. The van der Waals surface area contributed by atoms with Crippen molar-refractivity contribution in [3.05, 3.63) is 50.7 Å². The van der Waals surface area contributed by atoms with Crippen LogP contribution in [0.4, 0.5) is 11.5 Å². The molecule has 0 saturated carbocycles. The molecule has 1 heterocycles. The molecule has 7 heteroatoms. The number of nitrogens with one attached hydrogen (secondary N) is 2. The van der Waals surface area contributed by atoms with Crippen LogP contribution >= 0.6 is 34.2 Å². The predicted molar refractivity (Wildman–Crippen MR) is 84.2 cm³/mol. The molecule has 4 N–H and O–H groups in total. The number of benzene rings is 1. The predicted octanol–water partition coefficient (Wildman–Crippen LogP) is 2.88. The fourth-order valence-electron chi connectivity index (χ4n) is 1.44. The maximum absolute atomic E-state index is 12.1. The van der Waals surface area contributed by atoms with Crippen LogP contribution in [0.25, 0.3) is 0 Å². The zero-order valence-corrected chi connectivity index (χ0v) is 12.6. The minimum atomic E-state index is -0.276. The molecule has 0 saturated heterocycles. The zero-order valence-electron chi connectivity index (χ0n) is 9.65. The number of hydrazine groups is 1. The number of nitrogens with zero attached hydrogens (tertiary/aromatic N) is 1. The molecular weight excluding hydrogens is 379 g/mol. The number of carbonyl (C=O) groups excluding carboxylic acids is 1. The number of halogens is 2. The molecule has 19 heavy (non-hydrogen) atoms. The second-order valence-corrected chi connectivity index (χ2v) is 5.31. The highest BCUT2D eigenvalue weighted by atomic mass is 127. The van der Waals surface area contributed by atoms with Gasteiger partial charge >= 0.3 is 0 Å². The van der Waals surface area contributed by atoms with E-state index < -0.39 is 0 Å². The van der Waals surface area contributed by atoms with Crippen LogP contribution in [0.3, 0.4) is 0 Å². The third-order valence-electron chi connectivity index (χ3n) is 2.35. The van der Waals surface area contributed by atoms with Crippen LogP contribution in [0.1, 0.15) is 10.4 Å². The summed E-state index contributed by atoms with van der Waals surface area (Å²) in [4.78, 5) is 16.0. The van der Waals surface area contributed by atoms with Gasteiger partial charge in [0.15, 0.2) is 0 Å². The average molecular weight is 389 g/mol. The van der Waals surface area contributed by atoms with Crippen LogP contribution in [0, 0.1) is 3.57 Å². The van der Waals surface area contributed by atoms with E-state index >= 15 is 0 Å². The Hall–Kier alpha value is -1.38. The second kappa shape index (κ2) is 6.18. The normalized spacial score (nSPS) is 10.1. The van der Waals surface area contributed by atoms with Crippen molar-refractivity contribution in [2.45, 2.75) is 0 Å². The first-order chi connectivity index (χ1) is 9.10. The standard InChI is InChI=1S/C12H10ClIN4O/c13-9-6-8(14)1-2-10(9)17-12(19)7-3-4-16-11(5-7)18-15/h1-6H,15H2,(H,16,18)(H,17,19). The van der Waals surface area contributed by atoms with E-state index in [9.17, 15) is 4.79 Å². The van der Waals surface area contributed by atoms with E-state index in [0.717, 1.165) is 3.57 Å². The van der Waals surface area contributed by atoms with Crippen molar-refractivity contribution in [3.63, 3.8) is 0 Å². The van der Waals surface area contributed by atoms with E-state index in [1.54, 1.807) is 24.3 Å². The number of aromatic nitrogens is 1. The minimum Gasteiger partial charge on any atom is -0.321 e. The van der Waals surface area contributed by atoms with Crippen molar-refractivity contribution >= 4 is 51.6 Å². The van der Waals surface area contributed by atoms with Gasteiger partial charge in [0.2, 0.25) is 0 Å². The lowest BCUT2D eigenvalue weighted by Crippen LogP contribution is -2.14. The summed E-state index contributed by atoms with van der Waals surface area (Å²) in [5.74, 6) is 5.39. The number of nitrogen functional groups attached to an aromatic ring is 1. The summed E-state index contributed by atoms with van der Waals surface area (Å²) in [6.45, 7) is 0. The Kier molecular flexibility index (Phi) is 4.56. The summed E-state index contributed by atoms with van der Waals surface area (Å²) in [5.41, 5.74) is 3.39. The summed E-state index contributed by atoms with van der Waals surface area (Å²) < 4.78 is 0.999. The van der Waals surface area contributed by atoms with Gasteiger partial charge in [-0.3, -0.25) is 4.79 Å². The number of pyridine rings is 1. The van der Waals surface area contributed by atoms with Crippen molar-refractivity contribution in [2.24, 2.45) is 5.84 Å². The molecule has 1 aromatic heterocycles. The van der Waals surface area contributed by atoms with Crippen LogP contribution in [-0.2, 0) is 0 Å². The van der Waals surface area contributed by atoms with E-state index in [-0.39, 0.29) is 5.91 Å². The van der Waals surface area contributed by atoms with Crippen molar-refractivity contribution in [1.82, 2.24) is 4.98 Å². The number of hydrogen-bond donors (Lipinski definition) is 3. The second-order valence-electron chi connectivity index (χ2n) is 3.65. The van der Waals surface area contributed by atoms with Gasteiger partial charge in [-0.2, -0.15) is 0 Å². The molecule has 0 aliphatic carbocycles. The van der Waals surface area contributed by atoms with Crippen molar-refractivity contribution in [2.75, 3.05) is 10.7 Å². The molecule has 2 rings (SSSR count). The monoisotopic (exact) mass is 388 g/mol. The topological polar surface area (TPSA) is 80.0 Å². The Morgan fingerprint density at radius 1 is 1.32 bits per heavy atom. The van der Waals surface area contributed by atoms with Crippen LogP contribution in [-0.4, -0.2) is 10.9 Å². The number of hydrogen-bond acceptors (Lipinski definition) is 4. The van der Waals surface area contributed by atoms with Crippen molar-refractivity contribution < 1.29 is 4.79 Å². The molecule has 98 valence electrons. The summed E-state index contributed by atoms with van der Waals surface area (Å²) in [6, 6.07) is 8.54. The molecule has 2 aromatic rings. The molecule has 0 unspecified atom stereocenters. The molecule has 5 nitrogen and oxygen atoms in total. The maximum atomic E-state index is 12.1. The number of anilines is 2. The molecule has 0 bridgehead atoms. The number of carbonyl (C=O) groups is 1. The van der Waals surface area contributed by atoms with Gasteiger partial charge < -0.3 is 10.7 Å². The van der Waals surface area contributed by atoms with Gasteiger partial charge in [-0.1, -0.05) is 11.6 Å². The highest BCUT2D eigenvalue weighted by Crippen LogP contribution is 2.24. The SMILES string of the molecule is NNc1cc(C(=O)Nc2ccc(I)cc2Cl)ccn1. The zero-order chi connectivity index (χ0) is 13.8. The van der Waals surface area contributed by atoms with Gasteiger partial charge in [-0.25, -0.2) is 10.8 Å². The van der Waals surface area contributed by atoms with Crippen LogP contribution in [0.5, 0.6) is 0 Å². The fraction of sp³-hybridized carbons (Fsp3) is 0. The molecular formula is C12H10ClIN4O. The minimum absolute atomic E-state index is 0.276. The number of nitrogens with two attached hydrogens (primary N) is 1. The van der Waals surface area contributed by atoms with Gasteiger partial charge in [0.25, 0.3) is 5.91 Å². The first-order valence-electron chi connectivity index (χ1n) is 5.29. The van der Waals surface area contributed by atoms with E-state index in [0.29, 0.717) is 22.1 Å². The number of amides is 1. The largest absolute Gasteiger partial charge is 0.321 e. The Balaban J connectivity index is 2.20. The quantitative estimate of drug-likeness (QED) is 0.429. The lowest BCUT2D eigenvalue weighted by atomic mass is 10.2. The summed E-state index contributed by atoms with van der Waals surface area (Å²) >= 11 is 8.20. The highest BCUT2D eigenvalue weighted by molar-refractivity contribution is 14.1. The van der Waals surface area contributed by atoms with Gasteiger partial charge in [0, 0.05) is 15.3 Å². The Labute approximate surface area is 128 Å². The molecule has 0 spiro atoms. The average Bonchev–Trinajstić information content (AvgIpc) is 2.42. The third kappa shape index (κ3) is 3.55. The molecule has 0 radical (unpaired) electrons. The van der Waals surface area contributed by atoms with Gasteiger partial charge in [-0.05, 0) is 52.9 Å². The first kappa shape index (κ1) is 14.0. The summed E-state index contributed by atoms with van der Waals surface area (Å²) in [5, 5.41) is 3.23.